The summed E-state index contributed by atoms with van der Waals surface area (Å²) in [5.74, 6) is 0.820. The third kappa shape index (κ3) is 3.44. The average molecular weight is 368 g/mol. The minimum Gasteiger partial charge on any atom is -0.438 e. The lowest BCUT2D eigenvalue weighted by atomic mass is 10.2. The van der Waals surface area contributed by atoms with E-state index in [9.17, 15) is 8.42 Å². The van der Waals surface area contributed by atoms with Crippen LogP contribution >= 0.6 is 11.6 Å². The lowest BCUT2D eigenvalue weighted by Gasteiger charge is -2.05. The van der Waals surface area contributed by atoms with Gasteiger partial charge in [0.1, 0.15) is 0 Å². The van der Waals surface area contributed by atoms with Gasteiger partial charge >= 0.3 is 0 Å². The van der Waals surface area contributed by atoms with E-state index in [0.29, 0.717) is 16.6 Å². The zero-order valence-corrected chi connectivity index (χ0v) is 14.4. The van der Waals surface area contributed by atoms with Crippen molar-refractivity contribution in [2.75, 3.05) is 4.72 Å². The molecular weight excluding hydrogens is 354 g/mol. The number of halogens is 1. The molecule has 0 saturated heterocycles. The van der Waals surface area contributed by atoms with Crippen LogP contribution in [0.15, 0.2) is 50.3 Å². The Kier molecular flexibility index (Phi) is 4.33. The maximum atomic E-state index is 12.4. The highest BCUT2D eigenvalue weighted by Crippen LogP contribution is 2.26. The molecular formula is C15H14ClN3O4S. The van der Waals surface area contributed by atoms with Crippen LogP contribution in [0.1, 0.15) is 25.7 Å². The monoisotopic (exact) mass is 367 g/mol. The Labute approximate surface area is 143 Å². The van der Waals surface area contributed by atoms with Crippen molar-refractivity contribution in [1.82, 2.24) is 10.2 Å². The molecule has 2 aromatic heterocycles. The molecule has 7 nitrogen and oxygen atoms in total. The molecule has 0 aliphatic heterocycles. The van der Waals surface area contributed by atoms with Gasteiger partial charge in [-0.2, -0.15) is 8.42 Å². The van der Waals surface area contributed by atoms with Crippen LogP contribution < -0.4 is 4.72 Å². The van der Waals surface area contributed by atoms with Gasteiger partial charge in [-0.1, -0.05) is 31.5 Å². The van der Waals surface area contributed by atoms with Crippen molar-refractivity contribution in [3.8, 4) is 11.7 Å². The Morgan fingerprint density at radius 3 is 2.58 bits per heavy atom. The van der Waals surface area contributed by atoms with Crippen LogP contribution in [0.2, 0.25) is 5.02 Å². The Morgan fingerprint density at radius 1 is 1.12 bits per heavy atom. The van der Waals surface area contributed by atoms with Crippen LogP contribution in [0.25, 0.3) is 11.7 Å². The SMILES string of the molecule is CC(C)c1nnc(-c2ccc(S(=O)(=O)Nc3cccc(Cl)c3)o2)o1. The van der Waals surface area contributed by atoms with Gasteiger partial charge in [-0.05, 0) is 30.3 Å². The number of furan rings is 1. The van der Waals surface area contributed by atoms with Crippen molar-refractivity contribution in [3.05, 3.63) is 47.3 Å². The first kappa shape index (κ1) is 16.5. The van der Waals surface area contributed by atoms with Crippen LogP contribution in [-0.4, -0.2) is 18.6 Å². The molecule has 3 rings (SSSR count). The van der Waals surface area contributed by atoms with Gasteiger partial charge in [0.15, 0.2) is 5.76 Å². The number of rotatable bonds is 5. The van der Waals surface area contributed by atoms with E-state index in [-0.39, 0.29) is 22.7 Å². The number of hydrogen-bond acceptors (Lipinski definition) is 6. The number of aromatic nitrogens is 2. The number of nitrogens with one attached hydrogen (secondary N) is 1. The number of benzene rings is 1. The van der Waals surface area contributed by atoms with Crippen molar-refractivity contribution in [2.45, 2.75) is 24.9 Å². The third-order valence-corrected chi connectivity index (χ3v) is 4.56. The summed E-state index contributed by atoms with van der Waals surface area (Å²) in [5.41, 5.74) is 0.334. The molecule has 0 spiro atoms. The lowest BCUT2D eigenvalue weighted by Crippen LogP contribution is -2.11. The van der Waals surface area contributed by atoms with Crippen molar-refractivity contribution >= 4 is 27.3 Å². The molecule has 0 aliphatic carbocycles. The van der Waals surface area contributed by atoms with Gasteiger partial charge < -0.3 is 8.83 Å². The second-order valence-corrected chi connectivity index (χ2v) is 7.38. The third-order valence-electron chi connectivity index (χ3n) is 3.07. The summed E-state index contributed by atoms with van der Waals surface area (Å²) in [4.78, 5) is 0. The van der Waals surface area contributed by atoms with E-state index in [4.69, 9.17) is 20.4 Å². The molecule has 0 bridgehead atoms. The molecule has 1 aromatic carbocycles. The molecule has 3 aromatic rings. The van der Waals surface area contributed by atoms with Crippen molar-refractivity contribution in [2.24, 2.45) is 0 Å². The maximum absolute atomic E-state index is 12.4. The molecule has 1 N–H and O–H groups in total. The largest absolute Gasteiger partial charge is 0.438 e. The van der Waals surface area contributed by atoms with Gasteiger partial charge in [0.2, 0.25) is 11.0 Å². The summed E-state index contributed by atoms with van der Waals surface area (Å²) in [6.07, 6.45) is 0. The topological polar surface area (TPSA) is 98.2 Å². The molecule has 0 radical (unpaired) electrons. The first-order valence-electron chi connectivity index (χ1n) is 7.07. The first-order valence-corrected chi connectivity index (χ1v) is 8.93. The van der Waals surface area contributed by atoms with Crippen molar-refractivity contribution in [1.29, 1.82) is 0 Å². The van der Waals surface area contributed by atoms with E-state index in [1.54, 1.807) is 18.2 Å². The summed E-state index contributed by atoms with van der Waals surface area (Å²) in [7, 11) is -3.89. The molecule has 126 valence electrons. The summed E-state index contributed by atoms with van der Waals surface area (Å²) in [6, 6.07) is 9.15. The van der Waals surface area contributed by atoms with Gasteiger partial charge in [0, 0.05) is 10.9 Å². The quantitative estimate of drug-likeness (QED) is 0.734. The normalized spacial score (nSPS) is 11.8. The maximum Gasteiger partial charge on any atom is 0.295 e. The van der Waals surface area contributed by atoms with Crippen molar-refractivity contribution in [3.63, 3.8) is 0 Å². The molecule has 0 saturated carbocycles. The van der Waals surface area contributed by atoms with Gasteiger partial charge in [0.25, 0.3) is 15.9 Å². The molecule has 0 fully saturated rings. The number of nitrogens with zero attached hydrogens (tertiary/aromatic N) is 2. The number of sulfonamides is 1. The standard InChI is InChI=1S/C15H14ClN3O4S/c1-9(2)14-17-18-15(23-14)12-6-7-13(22-12)24(20,21)19-11-5-3-4-10(16)8-11/h3-9,19H,1-2H3. The highest BCUT2D eigenvalue weighted by atomic mass is 35.5. The molecule has 0 unspecified atom stereocenters. The molecule has 9 heteroatoms. The second kappa shape index (κ2) is 6.29. The van der Waals surface area contributed by atoms with Gasteiger partial charge in [-0.15, -0.1) is 10.2 Å². The number of anilines is 1. The lowest BCUT2D eigenvalue weighted by molar-refractivity contribution is 0.429. The van der Waals surface area contributed by atoms with E-state index < -0.39 is 10.0 Å². The second-order valence-electron chi connectivity index (χ2n) is 5.33. The van der Waals surface area contributed by atoms with E-state index >= 15 is 0 Å². The van der Waals surface area contributed by atoms with Crippen LogP contribution in [0.3, 0.4) is 0 Å². The van der Waals surface area contributed by atoms with E-state index in [1.807, 2.05) is 13.8 Å². The molecule has 0 aliphatic rings. The van der Waals surface area contributed by atoms with Crippen LogP contribution in [0, 0.1) is 0 Å². The molecule has 2 heterocycles. The van der Waals surface area contributed by atoms with Crippen LogP contribution in [0.5, 0.6) is 0 Å². The minimum atomic E-state index is -3.89. The molecule has 24 heavy (non-hydrogen) atoms. The number of hydrogen-bond donors (Lipinski definition) is 1. The minimum absolute atomic E-state index is 0.0638. The predicted molar refractivity (Wildman–Crippen MR) is 88.3 cm³/mol. The van der Waals surface area contributed by atoms with Gasteiger partial charge in [0.05, 0.1) is 5.69 Å². The zero-order chi connectivity index (χ0) is 17.3. The fraction of sp³-hybridized carbons (Fsp3) is 0.200. The Balaban J connectivity index is 1.86. The Morgan fingerprint density at radius 2 is 1.92 bits per heavy atom. The van der Waals surface area contributed by atoms with E-state index in [1.165, 1.54) is 18.2 Å². The first-order chi connectivity index (χ1) is 11.3. The summed E-state index contributed by atoms with van der Waals surface area (Å²) in [6.45, 7) is 3.81. The van der Waals surface area contributed by atoms with Gasteiger partial charge in [-0.3, -0.25) is 4.72 Å². The Bertz CT molecular complexity index is 963. The zero-order valence-electron chi connectivity index (χ0n) is 12.9. The van der Waals surface area contributed by atoms with Gasteiger partial charge in [-0.25, -0.2) is 0 Å². The summed E-state index contributed by atoms with van der Waals surface area (Å²) >= 11 is 5.85. The fourth-order valence-corrected chi connectivity index (χ4v) is 3.08. The van der Waals surface area contributed by atoms with E-state index in [2.05, 4.69) is 14.9 Å². The van der Waals surface area contributed by atoms with Crippen LogP contribution in [0.4, 0.5) is 5.69 Å². The molecule has 0 atom stereocenters. The smallest absolute Gasteiger partial charge is 0.295 e. The summed E-state index contributed by atoms with van der Waals surface area (Å²) < 4.78 is 37.9. The van der Waals surface area contributed by atoms with Crippen LogP contribution in [-0.2, 0) is 10.0 Å². The average Bonchev–Trinajstić information content (AvgIpc) is 3.16. The fourth-order valence-electron chi connectivity index (χ4n) is 1.90. The Hall–Kier alpha value is -2.32. The predicted octanol–water partition coefficient (Wildman–Crippen LogP) is 3.91. The van der Waals surface area contributed by atoms with Crippen molar-refractivity contribution < 1.29 is 17.3 Å². The highest BCUT2D eigenvalue weighted by Gasteiger charge is 2.22. The highest BCUT2D eigenvalue weighted by molar-refractivity contribution is 7.92. The molecule has 0 amide bonds. The summed E-state index contributed by atoms with van der Waals surface area (Å²) in [5, 5.41) is 7.90. The van der Waals surface area contributed by atoms with E-state index in [0.717, 1.165) is 0 Å².